The minimum Gasteiger partial charge on any atom is -0.457 e. The molecule has 0 aromatic rings. The first-order valence-electron chi connectivity index (χ1n) is 4.36. The lowest BCUT2D eigenvalue weighted by molar-refractivity contribution is 0.0384. The summed E-state index contributed by atoms with van der Waals surface area (Å²) in [6.45, 7) is 12.6. The number of hydrogen-bond acceptors (Lipinski definition) is 2. The zero-order chi connectivity index (χ0) is 9.83. The van der Waals surface area contributed by atoms with Crippen molar-refractivity contribution < 1.29 is 9.53 Å². The molecule has 0 aliphatic carbocycles. The van der Waals surface area contributed by atoms with Gasteiger partial charge < -0.3 is 4.74 Å². The van der Waals surface area contributed by atoms with Crippen LogP contribution in [0.3, 0.4) is 0 Å². The van der Waals surface area contributed by atoms with E-state index in [2.05, 4.69) is 39.4 Å². The van der Waals surface area contributed by atoms with Gasteiger partial charge in [-0.3, -0.25) is 0 Å². The summed E-state index contributed by atoms with van der Waals surface area (Å²) in [7, 11) is 0. The summed E-state index contributed by atoms with van der Waals surface area (Å²) in [5.74, 6) is 0. The standard InChI is InChI=1S/C10H19O2/c1-6-9(2,3)10(4,5)7-12-8-11/h6-7H2,1-5H3. The summed E-state index contributed by atoms with van der Waals surface area (Å²) >= 11 is 0. The summed E-state index contributed by atoms with van der Waals surface area (Å²) in [6, 6.07) is 0. The molecule has 0 saturated heterocycles. The van der Waals surface area contributed by atoms with Crippen LogP contribution in [0.2, 0.25) is 0 Å². The molecular formula is C10H19O2. The molecule has 0 rings (SSSR count). The third-order valence-corrected chi connectivity index (χ3v) is 3.21. The first-order chi connectivity index (χ1) is 5.37. The number of ether oxygens (including phenoxy) is 1. The molecule has 0 aliphatic rings. The van der Waals surface area contributed by atoms with Gasteiger partial charge in [0, 0.05) is 5.41 Å². The van der Waals surface area contributed by atoms with Gasteiger partial charge in [-0.1, -0.05) is 41.0 Å². The van der Waals surface area contributed by atoms with Crippen LogP contribution in [0.1, 0.15) is 41.0 Å². The van der Waals surface area contributed by atoms with Gasteiger partial charge in [0.15, 0.2) is 0 Å². The average molecular weight is 171 g/mol. The van der Waals surface area contributed by atoms with E-state index in [1.54, 1.807) is 0 Å². The Bertz CT molecular complexity index is 148. The Kier molecular flexibility index (Phi) is 3.75. The maximum atomic E-state index is 9.92. The van der Waals surface area contributed by atoms with E-state index in [1.165, 1.54) is 6.47 Å². The maximum absolute atomic E-state index is 9.92. The second-order valence-corrected chi connectivity index (χ2v) is 4.49. The van der Waals surface area contributed by atoms with E-state index in [0.717, 1.165) is 6.42 Å². The lowest BCUT2D eigenvalue weighted by Crippen LogP contribution is -2.36. The van der Waals surface area contributed by atoms with E-state index in [1.807, 2.05) is 0 Å². The van der Waals surface area contributed by atoms with Gasteiger partial charge in [-0.05, 0) is 5.41 Å². The summed E-state index contributed by atoms with van der Waals surface area (Å²) in [6.07, 6.45) is 1.07. The van der Waals surface area contributed by atoms with Crippen molar-refractivity contribution in [1.29, 1.82) is 0 Å². The predicted molar refractivity (Wildman–Crippen MR) is 49.5 cm³/mol. The molecule has 12 heavy (non-hydrogen) atoms. The van der Waals surface area contributed by atoms with Gasteiger partial charge in [-0.15, -0.1) is 0 Å². The summed E-state index contributed by atoms with van der Waals surface area (Å²) < 4.78 is 4.68. The van der Waals surface area contributed by atoms with Crippen LogP contribution in [-0.2, 0) is 9.53 Å². The second kappa shape index (κ2) is 3.92. The molecule has 2 heteroatoms. The first kappa shape index (κ1) is 11.5. The third-order valence-electron chi connectivity index (χ3n) is 3.21. The number of carbonyl (C=O) groups excluding carboxylic acids is 1. The predicted octanol–water partition coefficient (Wildman–Crippen LogP) is 2.53. The molecule has 0 fully saturated rings. The van der Waals surface area contributed by atoms with Gasteiger partial charge in [0.05, 0.1) is 6.61 Å². The maximum Gasteiger partial charge on any atom is 0.417 e. The molecule has 0 spiro atoms. The number of hydrogen-bond donors (Lipinski definition) is 0. The fourth-order valence-electron chi connectivity index (χ4n) is 0.884. The summed E-state index contributed by atoms with van der Waals surface area (Å²) in [5, 5.41) is 0. The van der Waals surface area contributed by atoms with Crippen LogP contribution in [0, 0.1) is 10.8 Å². The number of rotatable bonds is 5. The fourth-order valence-corrected chi connectivity index (χ4v) is 0.884. The van der Waals surface area contributed by atoms with Crippen molar-refractivity contribution in [2.75, 3.05) is 6.61 Å². The zero-order valence-electron chi connectivity index (χ0n) is 8.73. The van der Waals surface area contributed by atoms with E-state index >= 15 is 0 Å². The van der Waals surface area contributed by atoms with Gasteiger partial charge in [-0.2, -0.15) is 0 Å². The molecule has 0 heterocycles. The molecule has 0 aromatic heterocycles. The Hall–Kier alpha value is -0.530. The molecule has 1 radical (unpaired) electrons. The van der Waals surface area contributed by atoms with Gasteiger partial charge in [0.25, 0.3) is 0 Å². The van der Waals surface area contributed by atoms with Crippen molar-refractivity contribution in [2.24, 2.45) is 10.8 Å². The highest BCUT2D eigenvalue weighted by Crippen LogP contribution is 2.40. The van der Waals surface area contributed by atoms with E-state index in [0.29, 0.717) is 6.61 Å². The van der Waals surface area contributed by atoms with E-state index < -0.39 is 0 Å². The third kappa shape index (κ3) is 2.50. The highest BCUT2D eigenvalue weighted by Gasteiger charge is 2.35. The molecule has 0 N–H and O–H groups in total. The molecule has 2 nitrogen and oxygen atoms in total. The second-order valence-electron chi connectivity index (χ2n) is 4.49. The minimum absolute atomic E-state index is 0.0131. The van der Waals surface area contributed by atoms with Gasteiger partial charge in [-0.25, -0.2) is 4.79 Å². The van der Waals surface area contributed by atoms with E-state index in [4.69, 9.17) is 0 Å². The van der Waals surface area contributed by atoms with Gasteiger partial charge in [0.1, 0.15) is 0 Å². The van der Waals surface area contributed by atoms with Crippen molar-refractivity contribution in [3.8, 4) is 0 Å². The Morgan fingerprint density at radius 1 is 1.17 bits per heavy atom. The Morgan fingerprint density at radius 3 is 2.00 bits per heavy atom. The highest BCUT2D eigenvalue weighted by atomic mass is 16.5. The Morgan fingerprint density at radius 2 is 1.67 bits per heavy atom. The lowest BCUT2D eigenvalue weighted by atomic mass is 9.67. The molecule has 0 aromatic carbocycles. The summed E-state index contributed by atoms with van der Waals surface area (Å²) in [4.78, 5) is 9.92. The molecule has 0 atom stereocenters. The van der Waals surface area contributed by atoms with Crippen LogP contribution in [0.25, 0.3) is 0 Å². The monoisotopic (exact) mass is 171 g/mol. The van der Waals surface area contributed by atoms with Gasteiger partial charge in [0.2, 0.25) is 0 Å². The smallest absolute Gasteiger partial charge is 0.417 e. The molecule has 0 aliphatic heterocycles. The molecule has 0 saturated carbocycles. The topological polar surface area (TPSA) is 26.3 Å². The SMILES string of the molecule is CCC(C)(C)C(C)(C)CO[C]=O. The molecule has 71 valence electrons. The molecule has 0 unspecified atom stereocenters. The Balaban J connectivity index is 4.26. The molecular weight excluding hydrogens is 152 g/mol. The van der Waals surface area contributed by atoms with Crippen molar-refractivity contribution in [1.82, 2.24) is 0 Å². The van der Waals surface area contributed by atoms with Crippen molar-refractivity contribution in [3.63, 3.8) is 0 Å². The quantitative estimate of drug-likeness (QED) is 0.635. The Labute approximate surface area is 75.3 Å². The highest BCUT2D eigenvalue weighted by molar-refractivity contribution is 5.38. The average Bonchev–Trinajstić information content (AvgIpc) is 2.00. The van der Waals surface area contributed by atoms with Crippen molar-refractivity contribution >= 4 is 6.47 Å². The molecule has 0 bridgehead atoms. The van der Waals surface area contributed by atoms with Crippen LogP contribution in [0.5, 0.6) is 0 Å². The lowest BCUT2D eigenvalue weighted by Gasteiger charge is -2.40. The van der Waals surface area contributed by atoms with Crippen LogP contribution in [0.15, 0.2) is 0 Å². The zero-order valence-corrected chi connectivity index (χ0v) is 8.73. The largest absolute Gasteiger partial charge is 0.457 e. The van der Waals surface area contributed by atoms with Gasteiger partial charge >= 0.3 is 6.47 Å². The van der Waals surface area contributed by atoms with E-state index in [-0.39, 0.29) is 10.8 Å². The van der Waals surface area contributed by atoms with Crippen LogP contribution in [0.4, 0.5) is 0 Å². The normalized spacial score (nSPS) is 12.8. The fraction of sp³-hybridized carbons (Fsp3) is 0.900. The molecule has 0 amide bonds. The van der Waals surface area contributed by atoms with Crippen LogP contribution < -0.4 is 0 Å². The van der Waals surface area contributed by atoms with Crippen LogP contribution >= 0.6 is 0 Å². The minimum atomic E-state index is 0.0131. The van der Waals surface area contributed by atoms with E-state index in [9.17, 15) is 4.79 Å². The first-order valence-corrected chi connectivity index (χ1v) is 4.36. The van der Waals surface area contributed by atoms with Crippen LogP contribution in [-0.4, -0.2) is 13.1 Å². The summed E-state index contributed by atoms with van der Waals surface area (Å²) in [5.41, 5.74) is 0.197. The van der Waals surface area contributed by atoms with Crippen molar-refractivity contribution in [2.45, 2.75) is 41.0 Å². The van der Waals surface area contributed by atoms with Crippen molar-refractivity contribution in [3.05, 3.63) is 0 Å².